The van der Waals surface area contributed by atoms with Crippen LogP contribution in [-0.4, -0.2) is 15.0 Å². The maximum atomic E-state index is 5.20. The van der Waals surface area contributed by atoms with E-state index in [0.717, 1.165) is 22.3 Å². The van der Waals surface area contributed by atoms with Crippen molar-refractivity contribution in [2.75, 3.05) is 0 Å². The summed E-state index contributed by atoms with van der Waals surface area (Å²) >= 11 is 3.64. The van der Waals surface area contributed by atoms with Crippen LogP contribution in [-0.2, 0) is 0 Å². The Morgan fingerprint density at radius 1 is 0.268 bits per heavy atom. The summed E-state index contributed by atoms with van der Waals surface area (Å²) in [5.41, 5.74) is 10.1. The SMILES string of the molecule is c1ccc(-c2ccc(-c3ccc4sc5c(-c6cccc(-c7nc(-c8ccccc8)nc(-c8cccc9c8sc8ccccc89)n7)c6)cccc5c4c3)cc2)cc1. The van der Waals surface area contributed by atoms with Gasteiger partial charge in [-0.05, 0) is 63.7 Å². The highest BCUT2D eigenvalue weighted by Crippen LogP contribution is 2.43. The van der Waals surface area contributed by atoms with Crippen molar-refractivity contribution < 1.29 is 0 Å². The zero-order valence-electron chi connectivity index (χ0n) is 30.1. The Hall–Kier alpha value is -6.79. The maximum absolute atomic E-state index is 5.20. The van der Waals surface area contributed by atoms with Crippen LogP contribution in [0.3, 0.4) is 0 Å². The van der Waals surface area contributed by atoms with Crippen molar-refractivity contribution in [3.8, 4) is 67.5 Å². The lowest BCUT2D eigenvalue weighted by atomic mass is 9.98. The van der Waals surface area contributed by atoms with Crippen molar-refractivity contribution in [3.05, 3.63) is 188 Å². The fraction of sp³-hybridized carbons (Fsp3) is 0. The predicted octanol–water partition coefficient (Wildman–Crippen LogP) is 14.6. The second kappa shape index (κ2) is 13.5. The van der Waals surface area contributed by atoms with E-state index >= 15 is 0 Å². The molecule has 0 fully saturated rings. The second-order valence-electron chi connectivity index (χ2n) is 14.0. The topological polar surface area (TPSA) is 38.7 Å². The lowest BCUT2D eigenvalue weighted by Crippen LogP contribution is -2.00. The van der Waals surface area contributed by atoms with Crippen LogP contribution in [0.15, 0.2) is 188 Å². The predicted molar refractivity (Wildman–Crippen MR) is 238 cm³/mol. The normalized spacial score (nSPS) is 11.6. The van der Waals surface area contributed by atoms with E-state index in [-0.39, 0.29) is 0 Å². The van der Waals surface area contributed by atoms with Gasteiger partial charge >= 0.3 is 0 Å². The van der Waals surface area contributed by atoms with Crippen molar-refractivity contribution in [2.45, 2.75) is 0 Å². The van der Waals surface area contributed by atoms with Gasteiger partial charge in [0.2, 0.25) is 0 Å². The van der Waals surface area contributed by atoms with Crippen LogP contribution in [0, 0.1) is 0 Å². The minimum absolute atomic E-state index is 0.653. The van der Waals surface area contributed by atoms with E-state index in [4.69, 9.17) is 15.0 Å². The molecular weight excluding hydrogens is 719 g/mol. The molecule has 0 saturated heterocycles. The number of nitrogens with zero attached hydrogens (tertiary/aromatic N) is 3. The van der Waals surface area contributed by atoms with Crippen LogP contribution in [0.2, 0.25) is 0 Å². The lowest BCUT2D eigenvalue weighted by Gasteiger charge is -2.10. The van der Waals surface area contributed by atoms with Gasteiger partial charge in [-0.25, -0.2) is 15.0 Å². The third-order valence-electron chi connectivity index (χ3n) is 10.6. The molecule has 0 atom stereocenters. The summed E-state index contributed by atoms with van der Waals surface area (Å²) in [5.74, 6) is 1.99. The van der Waals surface area contributed by atoms with Crippen LogP contribution in [0.1, 0.15) is 0 Å². The molecule has 0 aliphatic carbocycles. The van der Waals surface area contributed by atoms with Gasteiger partial charge in [-0.2, -0.15) is 0 Å². The summed E-state index contributed by atoms with van der Waals surface area (Å²) < 4.78 is 4.99. The molecule has 3 heterocycles. The summed E-state index contributed by atoms with van der Waals surface area (Å²) in [6.07, 6.45) is 0. The molecule has 11 rings (SSSR count). The molecule has 0 N–H and O–H groups in total. The first kappa shape index (κ1) is 32.6. The van der Waals surface area contributed by atoms with Crippen LogP contribution >= 0.6 is 22.7 Å². The zero-order chi connectivity index (χ0) is 37.0. The van der Waals surface area contributed by atoms with Gasteiger partial charge in [-0.3, -0.25) is 0 Å². The molecule has 5 heteroatoms. The molecule has 0 unspecified atom stereocenters. The first-order chi connectivity index (χ1) is 27.7. The van der Waals surface area contributed by atoms with Crippen LogP contribution in [0.4, 0.5) is 0 Å². The molecule has 8 aromatic carbocycles. The lowest BCUT2D eigenvalue weighted by molar-refractivity contribution is 1.08. The molecule has 0 aliphatic rings. The average Bonchev–Trinajstić information content (AvgIpc) is 3.85. The van der Waals surface area contributed by atoms with Gasteiger partial charge in [-0.15, -0.1) is 22.7 Å². The van der Waals surface area contributed by atoms with Gasteiger partial charge in [0.15, 0.2) is 17.5 Å². The summed E-state index contributed by atoms with van der Waals surface area (Å²) in [7, 11) is 0. The number of rotatable bonds is 6. The molecule has 0 saturated carbocycles. The molecule has 0 spiro atoms. The highest BCUT2D eigenvalue weighted by Gasteiger charge is 2.18. The van der Waals surface area contributed by atoms with E-state index in [1.807, 2.05) is 29.5 Å². The Morgan fingerprint density at radius 2 is 0.750 bits per heavy atom. The Labute approximate surface area is 331 Å². The smallest absolute Gasteiger partial charge is 0.165 e. The Balaban J connectivity index is 1.01. The average molecular weight is 750 g/mol. The minimum Gasteiger partial charge on any atom is -0.208 e. The van der Waals surface area contributed by atoms with Crippen molar-refractivity contribution >= 4 is 63.0 Å². The monoisotopic (exact) mass is 749 g/mol. The van der Waals surface area contributed by atoms with Gasteiger partial charge in [0, 0.05) is 57.0 Å². The molecule has 0 radical (unpaired) electrons. The van der Waals surface area contributed by atoms with E-state index in [9.17, 15) is 0 Å². The van der Waals surface area contributed by atoms with Gasteiger partial charge in [0.1, 0.15) is 0 Å². The number of aromatic nitrogens is 3. The minimum atomic E-state index is 0.653. The van der Waals surface area contributed by atoms with Crippen molar-refractivity contribution in [2.24, 2.45) is 0 Å². The van der Waals surface area contributed by atoms with Crippen molar-refractivity contribution in [3.63, 3.8) is 0 Å². The molecule has 262 valence electrons. The summed E-state index contributed by atoms with van der Waals surface area (Å²) in [5, 5.41) is 5.01. The Bertz CT molecular complexity index is 3240. The van der Waals surface area contributed by atoms with E-state index in [1.165, 1.54) is 68.2 Å². The van der Waals surface area contributed by atoms with E-state index in [2.05, 4.69) is 170 Å². The first-order valence-electron chi connectivity index (χ1n) is 18.7. The number of hydrogen-bond donors (Lipinski definition) is 0. The number of fused-ring (bicyclic) bond motifs is 6. The summed E-state index contributed by atoms with van der Waals surface area (Å²) in [4.78, 5) is 15.4. The highest BCUT2D eigenvalue weighted by atomic mass is 32.1. The molecule has 0 aliphatic heterocycles. The molecule has 0 bridgehead atoms. The molecule has 3 aromatic heterocycles. The van der Waals surface area contributed by atoms with Gasteiger partial charge in [-0.1, -0.05) is 158 Å². The van der Waals surface area contributed by atoms with Crippen LogP contribution in [0.5, 0.6) is 0 Å². The number of hydrogen-bond acceptors (Lipinski definition) is 5. The summed E-state index contributed by atoms with van der Waals surface area (Å²) in [6, 6.07) is 66.8. The third-order valence-corrected chi connectivity index (χ3v) is 13.0. The van der Waals surface area contributed by atoms with Gasteiger partial charge in [0.05, 0.1) is 0 Å². The van der Waals surface area contributed by atoms with Gasteiger partial charge < -0.3 is 0 Å². The molecular formula is C51H31N3S2. The van der Waals surface area contributed by atoms with Crippen LogP contribution < -0.4 is 0 Å². The first-order valence-corrected chi connectivity index (χ1v) is 20.3. The molecule has 3 nitrogen and oxygen atoms in total. The molecule has 56 heavy (non-hydrogen) atoms. The largest absolute Gasteiger partial charge is 0.208 e. The zero-order valence-corrected chi connectivity index (χ0v) is 31.7. The van der Waals surface area contributed by atoms with Crippen molar-refractivity contribution in [1.29, 1.82) is 0 Å². The fourth-order valence-corrected chi connectivity index (χ4v) is 10.2. The number of thiophene rings is 2. The van der Waals surface area contributed by atoms with E-state index in [1.54, 1.807) is 11.3 Å². The van der Waals surface area contributed by atoms with E-state index in [0.29, 0.717) is 17.5 Å². The fourth-order valence-electron chi connectivity index (χ4n) is 7.78. The molecule has 0 amide bonds. The highest BCUT2D eigenvalue weighted by molar-refractivity contribution is 7.26. The Kier molecular flexibility index (Phi) is 7.87. The molecule has 11 aromatic rings. The number of benzene rings is 8. The third kappa shape index (κ3) is 5.68. The second-order valence-corrected chi connectivity index (χ2v) is 16.1. The quantitative estimate of drug-likeness (QED) is 0.170. The Morgan fingerprint density at radius 3 is 1.52 bits per heavy atom. The summed E-state index contributed by atoms with van der Waals surface area (Å²) in [6.45, 7) is 0. The van der Waals surface area contributed by atoms with Gasteiger partial charge in [0.25, 0.3) is 0 Å². The standard InChI is InChI=1S/C51H31N3S2/c1-3-12-32(13-4-1)33-24-26-34(27-25-33)36-28-29-46-44(31-36)42-21-10-19-39(47(42)56-46)37-16-9-17-38(30-37)50-52-49(35-14-5-2-6-15-35)53-51(54-50)43-22-11-20-41-40-18-7-8-23-45(40)55-48(41)43/h1-31H. The van der Waals surface area contributed by atoms with Crippen LogP contribution in [0.25, 0.3) is 108 Å². The maximum Gasteiger partial charge on any atom is 0.165 e. The van der Waals surface area contributed by atoms with E-state index < -0.39 is 0 Å². The van der Waals surface area contributed by atoms with Crippen molar-refractivity contribution in [1.82, 2.24) is 15.0 Å².